The van der Waals surface area contributed by atoms with Crippen molar-refractivity contribution >= 4 is 22.9 Å². The molecule has 0 atom stereocenters. The molecule has 5 rings (SSSR count). The predicted molar refractivity (Wildman–Crippen MR) is 108 cm³/mol. The number of rotatable bonds is 5. The third kappa shape index (κ3) is 3.85. The zero-order valence-corrected chi connectivity index (χ0v) is 16.7. The SMILES string of the molecule is O=C(CCc1nc(-c2cccs2)no1)Nc1ccc2c(c1)OC1(CCCCC1)O2. The molecule has 0 saturated heterocycles. The first-order chi connectivity index (χ1) is 14.2. The van der Waals surface area contributed by atoms with Gasteiger partial charge in [-0.3, -0.25) is 4.79 Å². The van der Waals surface area contributed by atoms with Crippen molar-refractivity contribution in [1.29, 1.82) is 0 Å². The monoisotopic (exact) mass is 411 g/mol. The number of benzene rings is 1. The smallest absolute Gasteiger partial charge is 0.251 e. The minimum absolute atomic E-state index is 0.118. The van der Waals surface area contributed by atoms with Crippen molar-refractivity contribution in [3.8, 4) is 22.2 Å². The van der Waals surface area contributed by atoms with Crippen molar-refractivity contribution in [3.63, 3.8) is 0 Å². The van der Waals surface area contributed by atoms with Crippen molar-refractivity contribution < 1.29 is 18.8 Å². The summed E-state index contributed by atoms with van der Waals surface area (Å²) in [5.41, 5.74) is 0.690. The molecule has 1 N–H and O–H groups in total. The third-order valence-corrected chi connectivity index (χ3v) is 6.08. The molecule has 3 heterocycles. The van der Waals surface area contributed by atoms with Gasteiger partial charge in [0.2, 0.25) is 17.6 Å². The molecular weight excluding hydrogens is 390 g/mol. The van der Waals surface area contributed by atoms with Crippen LogP contribution >= 0.6 is 11.3 Å². The lowest BCUT2D eigenvalue weighted by molar-refractivity contribution is -0.116. The van der Waals surface area contributed by atoms with E-state index < -0.39 is 5.79 Å². The zero-order valence-electron chi connectivity index (χ0n) is 15.8. The van der Waals surface area contributed by atoms with E-state index in [0.717, 1.165) is 36.3 Å². The van der Waals surface area contributed by atoms with E-state index >= 15 is 0 Å². The minimum atomic E-state index is -0.512. The van der Waals surface area contributed by atoms with Crippen LogP contribution in [0.2, 0.25) is 0 Å². The second kappa shape index (κ2) is 7.51. The van der Waals surface area contributed by atoms with Crippen molar-refractivity contribution in [2.24, 2.45) is 0 Å². The Morgan fingerprint density at radius 1 is 1.14 bits per heavy atom. The van der Waals surface area contributed by atoms with Crippen LogP contribution in [0.3, 0.4) is 0 Å². The van der Waals surface area contributed by atoms with Gasteiger partial charge in [0.15, 0.2) is 11.5 Å². The van der Waals surface area contributed by atoms with Crippen molar-refractivity contribution in [2.75, 3.05) is 5.32 Å². The van der Waals surface area contributed by atoms with E-state index in [0.29, 0.717) is 29.6 Å². The normalized spacial score (nSPS) is 16.8. The second-order valence-electron chi connectivity index (χ2n) is 7.37. The fourth-order valence-electron chi connectivity index (χ4n) is 3.77. The summed E-state index contributed by atoms with van der Waals surface area (Å²) in [6.45, 7) is 0. The average molecular weight is 411 g/mol. The lowest BCUT2D eigenvalue weighted by Gasteiger charge is -2.31. The molecule has 1 saturated carbocycles. The highest BCUT2D eigenvalue weighted by atomic mass is 32.1. The number of aryl methyl sites for hydroxylation is 1. The summed E-state index contributed by atoms with van der Waals surface area (Å²) in [4.78, 5) is 17.6. The van der Waals surface area contributed by atoms with E-state index in [1.807, 2.05) is 35.7 Å². The summed E-state index contributed by atoms with van der Waals surface area (Å²) in [5, 5.41) is 8.83. The number of amides is 1. The van der Waals surface area contributed by atoms with E-state index in [1.54, 1.807) is 11.3 Å². The van der Waals surface area contributed by atoms with Gasteiger partial charge in [0, 0.05) is 37.4 Å². The number of fused-ring (bicyclic) bond motifs is 1. The Morgan fingerprint density at radius 2 is 2.00 bits per heavy atom. The number of thiophene rings is 1. The molecule has 0 unspecified atom stereocenters. The van der Waals surface area contributed by atoms with Crippen molar-refractivity contribution in [1.82, 2.24) is 10.1 Å². The van der Waals surface area contributed by atoms with E-state index in [9.17, 15) is 4.79 Å². The molecule has 0 radical (unpaired) electrons. The molecule has 2 aliphatic rings. The average Bonchev–Trinajstić information content (AvgIpc) is 3.46. The van der Waals surface area contributed by atoms with Crippen LogP contribution in [0.1, 0.15) is 44.4 Å². The maximum absolute atomic E-state index is 12.3. The Balaban J connectivity index is 1.17. The van der Waals surface area contributed by atoms with Crippen LogP contribution in [0.4, 0.5) is 5.69 Å². The molecular formula is C21H21N3O4S. The van der Waals surface area contributed by atoms with Crippen LogP contribution in [0.5, 0.6) is 11.5 Å². The largest absolute Gasteiger partial charge is 0.448 e. The van der Waals surface area contributed by atoms with Crippen LogP contribution in [-0.4, -0.2) is 21.8 Å². The minimum Gasteiger partial charge on any atom is -0.448 e. The van der Waals surface area contributed by atoms with Crippen LogP contribution in [0.25, 0.3) is 10.7 Å². The maximum Gasteiger partial charge on any atom is 0.251 e. The lowest BCUT2D eigenvalue weighted by Crippen LogP contribution is -2.40. The standard InChI is InChI=1S/C21H21N3O4S/c25-18(8-9-19-23-20(24-28-19)17-5-4-12-29-17)22-14-6-7-15-16(13-14)27-21(26-15)10-2-1-3-11-21/h4-7,12-13H,1-3,8-11H2,(H,22,25). The highest BCUT2D eigenvalue weighted by Gasteiger charge is 2.42. The highest BCUT2D eigenvalue weighted by molar-refractivity contribution is 7.13. The number of aromatic nitrogens is 2. The molecule has 7 nitrogen and oxygen atoms in total. The number of nitrogens with one attached hydrogen (secondary N) is 1. The molecule has 1 amide bonds. The fourth-order valence-corrected chi connectivity index (χ4v) is 4.42. The van der Waals surface area contributed by atoms with Gasteiger partial charge in [-0.05, 0) is 36.4 Å². The molecule has 1 aliphatic heterocycles. The van der Waals surface area contributed by atoms with Gasteiger partial charge >= 0.3 is 0 Å². The molecule has 0 bridgehead atoms. The van der Waals surface area contributed by atoms with Crippen LogP contribution in [0.15, 0.2) is 40.2 Å². The van der Waals surface area contributed by atoms with Crippen molar-refractivity contribution in [3.05, 3.63) is 41.6 Å². The first kappa shape index (κ1) is 18.2. The van der Waals surface area contributed by atoms with Gasteiger partial charge in [0.1, 0.15) is 0 Å². The number of hydrogen-bond donors (Lipinski definition) is 1. The van der Waals surface area contributed by atoms with Crippen molar-refractivity contribution in [2.45, 2.75) is 50.7 Å². The molecule has 8 heteroatoms. The van der Waals surface area contributed by atoms with Crippen LogP contribution in [0, 0.1) is 0 Å². The summed E-state index contributed by atoms with van der Waals surface area (Å²) in [7, 11) is 0. The van der Waals surface area contributed by atoms with Gasteiger partial charge in [-0.25, -0.2) is 0 Å². The number of carbonyl (C=O) groups excluding carboxylic acids is 1. The van der Waals surface area contributed by atoms with Gasteiger partial charge in [-0.2, -0.15) is 4.98 Å². The Bertz CT molecular complexity index is 1010. The van der Waals surface area contributed by atoms with E-state index in [2.05, 4.69) is 15.5 Å². The Labute approximate surface area is 172 Å². The van der Waals surface area contributed by atoms with Crippen LogP contribution in [-0.2, 0) is 11.2 Å². The molecule has 1 spiro atoms. The molecule has 1 aromatic carbocycles. The molecule has 1 fully saturated rings. The zero-order chi connectivity index (χ0) is 19.7. The number of ether oxygens (including phenoxy) is 2. The first-order valence-corrected chi connectivity index (χ1v) is 10.8. The molecule has 3 aromatic rings. The number of carbonyl (C=O) groups is 1. The van der Waals surface area contributed by atoms with Gasteiger partial charge < -0.3 is 19.3 Å². The Morgan fingerprint density at radius 3 is 2.83 bits per heavy atom. The van der Waals surface area contributed by atoms with Gasteiger partial charge in [-0.1, -0.05) is 17.6 Å². The maximum atomic E-state index is 12.3. The van der Waals surface area contributed by atoms with Gasteiger partial charge in [-0.15, -0.1) is 11.3 Å². The molecule has 29 heavy (non-hydrogen) atoms. The Hall–Kier alpha value is -2.87. The van der Waals surface area contributed by atoms with E-state index in [4.69, 9.17) is 14.0 Å². The highest BCUT2D eigenvalue weighted by Crippen LogP contribution is 2.46. The summed E-state index contributed by atoms with van der Waals surface area (Å²) < 4.78 is 17.4. The fraction of sp³-hybridized carbons (Fsp3) is 0.381. The summed E-state index contributed by atoms with van der Waals surface area (Å²) in [6.07, 6.45) is 5.90. The molecule has 150 valence electrons. The van der Waals surface area contributed by atoms with E-state index in [1.165, 1.54) is 6.42 Å². The second-order valence-corrected chi connectivity index (χ2v) is 8.32. The number of hydrogen-bond acceptors (Lipinski definition) is 7. The lowest BCUT2D eigenvalue weighted by atomic mass is 9.94. The summed E-state index contributed by atoms with van der Waals surface area (Å²) in [6, 6.07) is 9.40. The predicted octanol–water partition coefficient (Wildman–Crippen LogP) is 4.80. The van der Waals surface area contributed by atoms with Gasteiger partial charge in [0.25, 0.3) is 5.79 Å². The first-order valence-electron chi connectivity index (χ1n) is 9.88. The van der Waals surface area contributed by atoms with E-state index in [-0.39, 0.29) is 12.3 Å². The summed E-state index contributed by atoms with van der Waals surface area (Å²) in [5.74, 6) is 1.82. The third-order valence-electron chi connectivity index (χ3n) is 5.21. The molecule has 1 aliphatic carbocycles. The topological polar surface area (TPSA) is 86.5 Å². The number of anilines is 1. The van der Waals surface area contributed by atoms with Gasteiger partial charge in [0.05, 0.1) is 4.88 Å². The quantitative estimate of drug-likeness (QED) is 0.649. The van der Waals surface area contributed by atoms with Crippen LogP contribution < -0.4 is 14.8 Å². The summed E-state index contributed by atoms with van der Waals surface area (Å²) >= 11 is 1.55. The Kier molecular flexibility index (Phi) is 4.71. The molecule has 2 aromatic heterocycles. The number of nitrogens with zero attached hydrogens (tertiary/aromatic N) is 2.